The van der Waals surface area contributed by atoms with Gasteiger partial charge in [0.05, 0.1) is 0 Å². The Balaban J connectivity index is 2.92. The molecule has 2 heteroatoms. The number of nitrogens with one attached hydrogen (secondary N) is 1. The second-order valence-corrected chi connectivity index (χ2v) is 1.68. The third kappa shape index (κ3) is 0.735. The summed E-state index contributed by atoms with van der Waals surface area (Å²) < 4.78 is 12.3. The van der Waals surface area contributed by atoms with E-state index in [1.807, 2.05) is 6.92 Å². The Bertz CT molecular complexity index is 169. The van der Waals surface area contributed by atoms with Crippen LogP contribution < -0.4 is 0 Å². The van der Waals surface area contributed by atoms with Crippen LogP contribution in [-0.4, -0.2) is 4.98 Å². The van der Waals surface area contributed by atoms with Crippen LogP contribution >= 0.6 is 0 Å². The van der Waals surface area contributed by atoms with Crippen molar-refractivity contribution in [3.05, 3.63) is 23.8 Å². The molecule has 0 amide bonds. The molecular formula is C6H8FN. The molecule has 0 spiro atoms. The summed E-state index contributed by atoms with van der Waals surface area (Å²) in [5.41, 5.74) is 0.755. The van der Waals surface area contributed by atoms with Crippen LogP contribution in [0.4, 0.5) is 4.39 Å². The van der Waals surface area contributed by atoms with Gasteiger partial charge in [-0.05, 0) is 6.42 Å². The molecule has 0 saturated carbocycles. The van der Waals surface area contributed by atoms with Gasteiger partial charge >= 0.3 is 0 Å². The van der Waals surface area contributed by atoms with Crippen molar-refractivity contribution >= 4 is 0 Å². The number of aryl methyl sites for hydroxylation is 1. The quantitative estimate of drug-likeness (QED) is 0.570. The second-order valence-electron chi connectivity index (χ2n) is 1.68. The molecule has 0 saturated heterocycles. The van der Waals surface area contributed by atoms with Crippen molar-refractivity contribution < 1.29 is 4.39 Å². The van der Waals surface area contributed by atoms with E-state index in [2.05, 4.69) is 4.98 Å². The van der Waals surface area contributed by atoms with Gasteiger partial charge in [-0.15, -0.1) is 0 Å². The zero-order valence-corrected chi connectivity index (χ0v) is 4.74. The van der Waals surface area contributed by atoms with E-state index in [1.54, 1.807) is 6.20 Å². The van der Waals surface area contributed by atoms with E-state index >= 15 is 0 Å². The topological polar surface area (TPSA) is 15.8 Å². The van der Waals surface area contributed by atoms with Gasteiger partial charge in [-0.25, -0.2) is 4.39 Å². The predicted octanol–water partition coefficient (Wildman–Crippen LogP) is 1.72. The standard InChI is InChI=1S/C6H8FN/c1-2-5-3-8-4-6(5)7/h3-4,8H,2H2,1H3. The van der Waals surface area contributed by atoms with Crippen LogP contribution in [0.15, 0.2) is 12.4 Å². The number of hydrogen-bond acceptors (Lipinski definition) is 0. The molecule has 0 aliphatic carbocycles. The van der Waals surface area contributed by atoms with Crippen molar-refractivity contribution in [2.24, 2.45) is 0 Å². The molecule has 0 aliphatic heterocycles. The largest absolute Gasteiger partial charge is 0.365 e. The van der Waals surface area contributed by atoms with Gasteiger partial charge in [-0.2, -0.15) is 0 Å². The fraction of sp³-hybridized carbons (Fsp3) is 0.333. The van der Waals surface area contributed by atoms with E-state index < -0.39 is 0 Å². The Morgan fingerprint density at radius 2 is 2.38 bits per heavy atom. The van der Waals surface area contributed by atoms with E-state index in [1.165, 1.54) is 6.20 Å². The third-order valence-corrected chi connectivity index (χ3v) is 1.16. The number of halogens is 1. The minimum absolute atomic E-state index is 0.132. The predicted molar refractivity (Wildman–Crippen MR) is 30.1 cm³/mol. The molecule has 0 aromatic carbocycles. The SMILES string of the molecule is CCc1c[nH]cc1F. The summed E-state index contributed by atoms with van der Waals surface area (Å²) >= 11 is 0. The Labute approximate surface area is 47.5 Å². The maximum atomic E-state index is 12.3. The van der Waals surface area contributed by atoms with Gasteiger partial charge in [0.2, 0.25) is 0 Å². The Kier molecular flexibility index (Phi) is 1.33. The zero-order chi connectivity index (χ0) is 5.98. The highest BCUT2D eigenvalue weighted by atomic mass is 19.1. The van der Waals surface area contributed by atoms with Crippen LogP contribution in [0.2, 0.25) is 0 Å². The van der Waals surface area contributed by atoms with Gasteiger partial charge in [-0.1, -0.05) is 6.92 Å². The van der Waals surface area contributed by atoms with Gasteiger partial charge in [-0.3, -0.25) is 0 Å². The molecule has 0 bridgehead atoms. The summed E-state index contributed by atoms with van der Waals surface area (Å²) in [5.74, 6) is -0.132. The molecule has 1 aromatic rings. The molecule has 1 heterocycles. The zero-order valence-electron chi connectivity index (χ0n) is 4.74. The summed E-state index contributed by atoms with van der Waals surface area (Å²) in [6.07, 6.45) is 3.80. The van der Waals surface area contributed by atoms with Crippen LogP contribution in [0, 0.1) is 5.82 Å². The highest BCUT2D eigenvalue weighted by Gasteiger charge is 1.96. The maximum absolute atomic E-state index is 12.3. The Morgan fingerprint density at radius 1 is 1.62 bits per heavy atom. The molecule has 0 unspecified atom stereocenters. The van der Waals surface area contributed by atoms with Gasteiger partial charge in [0, 0.05) is 18.0 Å². The number of H-pyrrole nitrogens is 1. The lowest BCUT2D eigenvalue weighted by Crippen LogP contribution is -1.76. The fourth-order valence-electron chi connectivity index (χ4n) is 0.648. The van der Waals surface area contributed by atoms with Crippen molar-refractivity contribution in [2.75, 3.05) is 0 Å². The van der Waals surface area contributed by atoms with Crippen LogP contribution in [0.1, 0.15) is 12.5 Å². The van der Waals surface area contributed by atoms with E-state index in [-0.39, 0.29) is 5.82 Å². The van der Waals surface area contributed by atoms with Crippen LogP contribution in [0.3, 0.4) is 0 Å². The molecule has 0 fully saturated rings. The van der Waals surface area contributed by atoms with Crippen LogP contribution in [0.25, 0.3) is 0 Å². The molecule has 0 atom stereocenters. The van der Waals surface area contributed by atoms with Gasteiger partial charge in [0.25, 0.3) is 0 Å². The molecule has 8 heavy (non-hydrogen) atoms. The lowest BCUT2D eigenvalue weighted by molar-refractivity contribution is 0.616. The first kappa shape index (κ1) is 5.35. The Hall–Kier alpha value is -0.790. The number of aromatic amines is 1. The summed E-state index contributed by atoms with van der Waals surface area (Å²) in [6.45, 7) is 1.92. The summed E-state index contributed by atoms with van der Waals surface area (Å²) in [6, 6.07) is 0. The first-order valence-electron chi connectivity index (χ1n) is 2.65. The van der Waals surface area contributed by atoms with E-state index in [4.69, 9.17) is 0 Å². The number of rotatable bonds is 1. The third-order valence-electron chi connectivity index (χ3n) is 1.16. The van der Waals surface area contributed by atoms with Gasteiger partial charge in [0.15, 0.2) is 0 Å². The van der Waals surface area contributed by atoms with Crippen molar-refractivity contribution in [1.29, 1.82) is 0 Å². The van der Waals surface area contributed by atoms with Gasteiger partial charge < -0.3 is 4.98 Å². The van der Waals surface area contributed by atoms with E-state index in [0.717, 1.165) is 12.0 Å². The van der Waals surface area contributed by atoms with Crippen molar-refractivity contribution in [3.8, 4) is 0 Å². The number of aromatic nitrogens is 1. The highest BCUT2D eigenvalue weighted by molar-refractivity contribution is 5.10. The highest BCUT2D eigenvalue weighted by Crippen LogP contribution is 2.03. The second kappa shape index (κ2) is 1.99. The minimum Gasteiger partial charge on any atom is -0.365 e. The summed E-state index contributed by atoms with van der Waals surface area (Å²) in [7, 11) is 0. The molecule has 1 nitrogen and oxygen atoms in total. The average molecular weight is 113 g/mol. The molecule has 1 aromatic heterocycles. The Morgan fingerprint density at radius 3 is 2.62 bits per heavy atom. The minimum atomic E-state index is -0.132. The van der Waals surface area contributed by atoms with E-state index in [9.17, 15) is 4.39 Å². The average Bonchev–Trinajstić information content (AvgIpc) is 2.14. The number of hydrogen-bond donors (Lipinski definition) is 1. The van der Waals surface area contributed by atoms with Crippen molar-refractivity contribution in [1.82, 2.24) is 4.98 Å². The molecule has 1 rings (SSSR count). The molecule has 0 radical (unpaired) electrons. The first-order valence-corrected chi connectivity index (χ1v) is 2.65. The van der Waals surface area contributed by atoms with Gasteiger partial charge in [0.1, 0.15) is 5.82 Å². The van der Waals surface area contributed by atoms with Crippen molar-refractivity contribution in [3.63, 3.8) is 0 Å². The summed E-state index contributed by atoms with van der Waals surface area (Å²) in [5, 5.41) is 0. The summed E-state index contributed by atoms with van der Waals surface area (Å²) in [4.78, 5) is 2.67. The molecule has 1 N–H and O–H groups in total. The lowest BCUT2D eigenvalue weighted by Gasteiger charge is -1.83. The van der Waals surface area contributed by atoms with Crippen LogP contribution in [-0.2, 0) is 6.42 Å². The van der Waals surface area contributed by atoms with E-state index in [0.29, 0.717) is 0 Å². The monoisotopic (exact) mass is 113 g/mol. The fourth-order valence-corrected chi connectivity index (χ4v) is 0.648. The smallest absolute Gasteiger partial charge is 0.143 e. The normalized spacial score (nSPS) is 9.75. The lowest BCUT2D eigenvalue weighted by atomic mass is 10.3. The van der Waals surface area contributed by atoms with Crippen LogP contribution in [0.5, 0.6) is 0 Å². The first-order chi connectivity index (χ1) is 3.84. The molecule has 0 aliphatic rings. The molecular weight excluding hydrogens is 105 g/mol. The molecule has 44 valence electrons. The maximum Gasteiger partial charge on any atom is 0.143 e. The van der Waals surface area contributed by atoms with Crippen molar-refractivity contribution in [2.45, 2.75) is 13.3 Å².